The molecule has 0 aliphatic rings. The van der Waals surface area contributed by atoms with Gasteiger partial charge in [0, 0.05) is 20.1 Å². The van der Waals surface area contributed by atoms with Gasteiger partial charge in [-0.2, -0.15) is 13.2 Å². The zero-order chi connectivity index (χ0) is 21.0. The Morgan fingerprint density at radius 3 is 2.43 bits per heavy atom. The number of nitrogens with zero attached hydrogens (tertiary/aromatic N) is 1. The van der Waals surface area contributed by atoms with Crippen LogP contribution < -0.4 is 15.4 Å². The molecule has 0 atom stereocenters. The van der Waals surface area contributed by atoms with Gasteiger partial charge in [-0.25, -0.2) is 0 Å². The second-order valence-corrected chi connectivity index (χ2v) is 6.30. The molecule has 5 nitrogen and oxygen atoms in total. The van der Waals surface area contributed by atoms with Crippen LogP contribution in [0.25, 0.3) is 0 Å². The molecule has 0 heterocycles. The van der Waals surface area contributed by atoms with Crippen molar-refractivity contribution < 1.29 is 22.6 Å². The minimum atomic E-state index is -4.32. The summed E-state index contributed by atoms with van der Waals surface area (Å²) in [7, 11) is 1.68. The highest BCUT2D eigenvalue weighted by atomic mass is 127. The molecule has 0 unspecified atom stereocenters. The van der Waals surface area contributed by atoms with Crippen molar-refractivity contribution in [3.63, 3.8) is 0 Å². The first-order valence-corrected chi connectivity index (χ1v) is 9.31. The fourth-order valence-electron chi connectivity index (χ4n) is 2.51. The molecule has 0 aliphatic heterocycles. The van der Waals surface area contributed by atoms with E-state index in [9.17, 15) is 13.2 Å². The number of hydrogen-bond acceptors (Lipinski definition) is 3. The summed E-state index contributed by atoms with van der Waals surface area (Å²) >= 11 is 0. The fraction of sp³-hybridized carbons (Fsp3) is 0.381. The molecule has 2 aromatic rings. The van der Waals surface area contributed by atoms with Gasteiger partial charge >= 0.3 is 6.18 Å². The maximum absolute atomic E-state index is 12.2. The van der Waals surface area contributed by atoms with Gasteiger partial charge in [0.1, 0.15) is 12.4 Å². The van der Waals surface area contributed by atoms with Crippen molar-refractivity contribution in [3.8, 4) is 5.75 Å². The average molecular weight is 537 g/mol. The van der Waals surface area contributed by atoms with Crippen LogP contribution in [0.15, 0.2) is 59.6 Å². The Balaban J connectivity index is 0.00000450. The smallest absolute Gasteiger partial charge is 0.411 e. The predicted molar refractivity (Wildman–Crippen MR) is 122 cm³/mol. The maximum atomic E-state index is 12.2. The van der Waals surface area contributed by atoms with E-state index < -0.39 is 12.8 Å². The fourth-order valence-corrected chi connectivity index (χ4v) is 2.51. The molecule has 0 saturated carbocycles. The van der Waals surface area contributed by atoms with Crippen LogP contribution in [-0.4, -0.2) is 38.9 Å². The predicted octanol–water partition coefficient (Wildman–Crippen LogP) is 4.52. The summed E-state index contributed by atoms with van der Waals surface area (Å²) in [4.78, 5) is 4.16. The Morgan fingerprint density at radius 1 is 1.00 bits per heavy atom. The minimum Gasteiger partial charge on any atom is -0.494 e. The molecule has 0 bridgehead atoms. The molecule has 2 aromatic carbocycles. The summed E-state index contributed by atoms with van der Waals surface area (Å²) in [6.45, 7) is 0.445. The molecule has 0 radical (unpaired) electrons. The first kappa shape index (κ1) is 26.0. The van der Waals surface area contributed by atoms with E-state index in [0.717, 1.165) is 17.7 Å². The average Bonchev–Trinajstić information content (AvgIpc) is 2.70. The Kier molecular flexibility index (Phi) is 12.2. The SMILES string of the molecule is CN=C(NCCCOc1ccccc1)NCc1cccc(COCC(F)(F)F)c1.I. The van der Waals surface area contributed by atoms with Crippen LogP contribution in [0.1, 0.15) is 17.5 Å². The van der Waals surface area contributed by atoms with Crippen molar-refractivity contribution in [1.29, 1.82) is 0 Å². The summed E-state index contributed by atoms with van der Waals surface area (Å²) in [6, 6.07) is 16.8. The molecular weight excluding hydrogens is 510 g/mol. The van der Waals surface area contributed by atoms with Crippen LogP contribution in [-0.2, 0) is 17.9 Å². The topological polar surface area (TPSA) is 54.9 Å². The van der Waals surface area contributed by atoms with Crippen molar-refractivity contribution in [1.82, 2.24) is 10.6 Å². The third-order valence-electron chi connectivity index (χ3n) is 3.83. The van der Waals surface area contributed by atoms with E-state index in [2.05, 4.69) is 15.6 Å². The molecule has 0 aliphatic carbocycles. The van der Waals surface area contributed by atoms with E-state index in [1.165, 1.54) is 0 Å². The Morgan fingerprint density at radius 2 is 1.73 bits per heavy atom. The minimum absolute atomic E-state index is 0. The van der Waals surface area contributed by atoms with E-state index in [1.54, 1.807) is 19.2 Å². The van der Waals surface area contributed by atoms with Crippen molar-refractivity contribution in [2.45, 2.75) is 25.7 Å². The lowest BCUT2D eigenvalue weighted by Gasteiger charge is -2.13. The number of hydrogen-bond donors (Lipinski definition) is 2. The van der Waals surface area contributed by atoms with Crippen molar-refractivity contribution >= 4 is 29.9 Å². The zero-order valence-corrected chi connectivity index (χ0v) is 19.1. The van der Waals surface area contributed by atoms with Crippen LogP contribution >= 0.6 is 24.0 Å². The molecule has 0 amide bonds. The highest BCUT2D eigenvalue weighted by Gasteiger charge is 2.27. The number of alkyl halides is 3. The van der Waals surface area contributed by atoms with E-state index in [0.29, 0.717) is 31.2 Å². The largest absolute Gasteiger partial charge is 0.494 e. The van der Waals surface area contributed by atoms with Gasteiger partial charge in [0.25, 0.3) is 0 Å². The third-order valence-corrected chi connectivity index (χ3v) is 3.83. The molecular formula is C21H27F3IN3O2. The number of para-hydroxylation sites is 1. The molecule has 0 saturated heterocycles. The number of aliphatic imine (C=N–C) groups is 1. The zero-order valence-electron chi connectivity index (χ0n) is 16.7. The quantitative estimate of drug-likeness (QED) is 0.203. The van der Waals surface area contributed by atoms with Crippen LogP contribution in [0.4, 0.5) is 13.2 Å². The number of rotatable bonds is 10. The van der Waals surface area contributed by atoms with Crippen molar-refractivity contribution in [3.05, 3.63) is 65.7 Å². The van der Waals surface area contributed by atoms with Crippen LogP contribution in [0, 0.1) is 0 Å². The molecule has 0 spiro atoms. The molecule has 2 N–H and O–H groups in total. The van der Waals surface area contributed by atoms with Crippen molar-refractivity contribution in [2.24, 2.45) is 4.99 Å². The number of halogens is 4. The van der Waals surface area contributed by atoms with Gasteiger partial charge in [-0.05, 0) is 29.7 Å². The first-order chi connectivity index (χ1) is 14.0. The van der Waals surface area contributed by atoms with E-state index >= 15 is 0 Å². The number of guanidine groups is 1. The number of benzene rings is 2. The van der Waals surface area contributed by atoms with Crippen LogP contribution in [0.2, 0.25) is 0 Å². The lowest BCUT2D eigenvalue weighted by molar-refractivity contribution is -0.176. The summed E-state index contributed by atoms with van der Waals surface area (Å²) in [5, 5.41) is 6.38. The number of nitrogens with one attached hydrogen (secondary N) is 2. The van der Waals surface area contributed by atoms with Gasteiger partial charge < -0.3 is 20.1 Å². The van der Waals surface area contributed by atoms with Gasteiger partial charge in [-0.3, -0.25) is 4.99 Å². The molecule has 0 aromatic heterocycles. The van der Waals surface area contributed by atoms with Gasteiger partial charge in [0.05, 0.1) is 13.2 Å². The first-order valence-electron chi connectivity index (χ1n) is 9.31. The Bertz CT molecular complexity index is 759. The summed E-state index contributed by atoms with van der Waals surface area (Å²) < 4.78 is 46.8. The molecule has 166 valence electrons. The normalized spacial score (nSPS) is 11.5. The van der Waals surface area contributed by atoms with E-state index in [4.69, 9.17) is 9.47 Å². The van der Waals surface area contributed by atoms with Gasteiger partial charge in [0.2, 0.25) is 0 Å². The second kappa shape index (κ2) is 14.1. The van der Waals surface area contributed by atoms with Crippen LogP contribution in [0.5, 0.6) is 5.75 Å². The highest BCUT2D eigenvalue weighted by molar-refractivity contribution is 14.0. The van der Waals surface area contributed by atoms with Gasteiger partial charge in [-0.1, -0.05) is 42.5 Å². The second-order valence-electron chi connectivity index (χ2n) is 6.30. The molecule has 9 heteroatoms. The maximum Gasteiger partial charge on any atom is 0.411 e. The summed E-state index contributed by atoms with van der Waals surface area (Å²) in [6.07, 6.45) is -3.51. The molecule has 30 heavy (non-hydrogen) atoms. The molecule has 0 fully saturated rings. The Labute approximate surface area is 192 Å². The lowest BCUT2D eigenvalue weighted by atomic mass is 10.1. The van der Waals surface area contributed by atoms with Gasteiger partial charge in [0.15, 0.2) is 5.96 Å². The summed E-state index contributed by atoms with van der Waals surface area (Å²) in [5.41, 5.74) is 1.61. The monoisotopic (exact) mass is 537 g/mol. The summed E-state index contributed by atoms with van der Waals surface area (Å²) in [5.74, 6) is 1.48. The third kappa shape index (κ3) is 11.2. The van der Waals surface area contributed by atoms with Crippen molar-refractivity contribution in [2.75, 3.05) is 26.8 Å². The van der Waals surface area contributed by atoms with Gasteiger partial charge in [-0.15, -0.1) is 24.0 Å². The Hall–Kier alpha value is -2.01. The molecule has 2 rings (SSSR count). The van der Waals surface area contributed by atoms with E-state index in [1.807, 2.05) is 42.5 Å². The lowest BCUT2D eigenvalue weighted by Crippen LogP contribution is -2.37. The number of ether oxygens (including phenoxy) is 2. The standard InChI is InChI=1S/C21H26F3N3O2.HI/c1-25-20(26-11-6-12-29-19-9-3-2-4-10-19)27-14-17-7-5-8-18(13-17)15-28-16-21(22,23)24;/h2-5,7-10,13H,6,11-12,14-16H2,1H3,(H2,25,26,27);1H. The van der Waals surface area contributed by atoms with E-state index in [-0.39, 0.29) is 30.6 Å². The highest BCUT2D eigenvalue weighted by Crippen LogP contribution is 2.16. The van der Waals surface area contributed by atoms with Crippen LogP contribution in [0.3, 0.4) is 0 Å².